The number of aromatic nitrogens is 2. The van der Waals surface area contributed by atoms with Gasteiger partial charge in [0.2, 0.25) is 0 Å². The first-order valence-corrected chi connectivity index (χ1v) is 4.42. The van der Waals surface area contributed by atoms with Crippen LogP contribution >= 0.6 is 23.2 Å². The van der Waals surface area contributed by atoms with Crippen molar-refractivity contribution in [2.75, 3.05) is 13.1 Å². The molecule has 12 heavy (non-hydrogen) atoms. The van der Waals surface area contributed by atoms with E-state index in [4.69, 9.17) is 23.2 Å². The first kappa shape index (κ1) is 8.23. The Morgan fingerprint density at radius 1 is 1.33 bits per heavy atom. The molecule has 1 aromatic heterocycles. The topological polar surface area (TPSA) is 37.8 Å². The van der Waals surface area contributed by atoms with Crippen molar-refractivity contribution in [1.29, 1.82) is 0 Å². The molecule has 2 rings (SSSR count). The Kier molecular flexibility index (Phi) is 2.17. The second kappa shape index (κ2) is 3.17. The van der Waals surface area contributed by atoms with Crippen LogP contribution < -0.4 is 5.32 Å². The van der Waals surface area contributed by atoms with E-state index < -0.39 is 0 Å². The van der Waals surface area contributed by atoms with E-state index in [2.05, 4.69) is 15.5 Å². The summed E-state index contributed by atoms with van der Waals surface area (Å²) in [5.74, 6) is 0.450. The lowest BCUT2D eigenvalue weighted by atomic mass is 9.96. The van der Waals surface area contributed by atoms with Crippen molar-refractivity contribution >= 4 is 23.2 Å². The van der Waals surface area contributed by atoms with Gasteiger partial charge in [-0.2, -0.15) is 0 Å². The van der Waals surface area contributed by atoms with Gasteiger partial charge in [-0.15, -0.1) is 10.2 Å². The van der Waals surface area contributed by atoms with Crippen LogP contribution in [0.4, 0.5) is 0 Å². The predicted molar refractivity (Wildman–Crippen MR) is 47.7 cm³/mol. The summed E-state index contributed by atoms with van der Waals surface area (Å²) in [6, 6.07) is 1.78. The molecule has 64 valence electrons. The number of halogens is 2. The van der Waals surface area contributed by atoms with E-state index in [1.807, 2.05) is 0 Å². The molecule has 0 unspecified atom stereocenters. The summed E-state index contributed by atoms with van der Waals surface area (Å²) in [4.78, 5) is 0. The predicted octanol–water partition coefficient (Wildman–Crippen LogP) is 1.47. The van der Waals surface area contributed by atoms with Gasteiger partial charge in [0.25, 0.3) is 0 Å². The minimum atomic E-state index is 0.404. The zero-order valence-corrected chi connectivity index (χ0v) is 7.73. The van der Waals surface area contributed by atoms with E-state index in [1.165, 1.54) is 0 Å². The maximum absolute atomic E-state index is 5.84. The average Bonchev–Trinajstić information content (AvgIpc) is 1.93. The SMILES string of the molecule is Clc1cc(C2CNC2)c(Cl)nn1. The van der Waals surface area contributed by atoms with Crippen LogP contribution in [-0.4, -0.2) is 23.3 Å². The Balaban J connectivity index is 2.34. The second-order valence-corrected chi connectivity index (χ2v) is 3.51. The molecule has 0 aromatic carbocycles. The number of nitrogens with zero attached hydrogens (tertiary/aromatic N) is 2. The lowest BCUT2D eigenvalue weighted by Crippen LogP contribution is -2.40. The van der Waals surface area contributed by atoms with Gasteiger partial charge in [-0.25, -0.2) is 0 Å². The first-order chi connectivity index (χ1) is 5.77. The van der Waals surface area contributed by atoms with Gasteiger partial charge in [-0.1, -0.05) is 23.2 Å². The summed E-state index contributed by atoms with van der Waals surface area (Å²) >= 11 is 11.5. The number of rotatable bonds is 1. The van der Waals surface area contributed by atoms with Crippen LogP contribution in [0.5, 0.6) is 0 Å². The standard InChI is InChI=1S/C7H7Cl2N3/c8-6-1-5(4-2-10-3-4)7(9)12-11-6/h1,4,10H,2-3H2. The highest BCUT2D eigenvalue weighted by atomic mass is 35.5. The molecule has 5 heteroatoms. The normalized spacial score (nSPS) is 17.5. The van der Waals surface area contributed by atoms with Gasteiger partial charge >= 0.3 is 0 Å². The highest BCUT2D eigenvalue weighted by Crippen LogP contribution is 2.26. The van der Waals surface area contributed by atoms with Gasteiger partial charge < -0.3 is 5.32 Å². The quantitative estimate of drug-likeness (QED) is 0.752. The van der Waals surface area contributed by atoms with Crippen molar-refractivity contribution in [1.82, 2.24) is 15.5 Å². The van der Waals surface area contributed by atoms with Crippen LogP contribution in [0.2, 0.25) is 10.3 Å². The summed E-state index contributed by atoms with van der Waals surface area (Å²) in [5.41, 5.74) is 0.996. The highest BCUT2D eigenvalue weighted by molar-refractivity contribution is 6.31. The Morgan fingerprint density at radius 2 is 2.08 bits per heavy atom. The van der Waals surface area contributed by atoms with E-state index in [0.717, 1.165) is 18.7 Å². The molecule has 2 heterocycles. The summed E-state index contributed by atoms with van der Waals surface area (Å²) in [7, 11) is 0. The van der Waals surface area contributed by atoms with Gasteiger partial charge in [-0.05, 0) is 6.07 Å². The lowest BCUT2D eigenvalue weighted by Gasteiger charge is -2.27. The van der Waals surface area contributed by atoms with Crippen LogP contribution in [0.3, 0.4) is 0 Å². The Labute approximate surface area is 80.1 Å². The van der Waals surface area contributed by atoms with Gasteiger partial charge in [0, 0.05) is 24.6 Å². The molecule has 1 aliphatic heterocycles. The first-order valence-electron chi connectivity index (χ1n) is 3.66. The van der Waals surface area contributed by atoms with Gasteiger partial charge in [0.1, 0.15) is 0 Å². The lowest BCUT2D eigenvalue weighted by molar-refractivity contribution is 0.447. The van der Waals surface area contributed by atoms with Crippen molar-refractivity contribution in [2.24, 2.45) is 0 Å². The van der Waals surface area contributed by atoms with E-state index in [9.17, 15) is 0 Å². The van der Waals surface area contributed by atoms with Crippen molar-refractivity contribution in [3.05, 3.63) is 21.9 Å². The molecule has 1 saturated heterocycles. The molecule has 0 bridgehead atoms. The second-order valence-electron chi connectivity index (χ2n) is 2.77. The summed E-state index contributed by atoms with van der Waals surface area (Å²) in [6.45, 7) is 1.89. The molecular formula is C7H7Cl2N3. The van der Waals surface area contributed by atoms with Crippen molar-refractivity contribution < 1.29 is 0 Å². The monoisotopic (exact) mass is 203 g/mol. The molecule has 0 atom stereocenters. The Morgan fingerprint density at radius 3 is 2.67 bits per heavy atom. The molecule has 0 amide bonds. The molecule has 3 nitrogen and oxygen atoms in total. The molecule has 1 fully saturated rings. The molecular weight excluding hydrogens is 197 g/mol. The molecule has 1 aliphatic rings. The molecule has 0 aliphatic carbocycles. The van der Waals surface area contributed by atoms with E-state index >= 15 is 0 Å². The average molecular weight is 204 g/mol. The zero-order chi connectivity index (χ0) is 8.55. The third-order valence-electron chi connectivity index (χ3n) is 1.97. The molecule has 1 aromatic rings. The fourth-order valence-electron chi connectivity index (χ4n) is 1.16. The largest absolute Gasteiger partial charge is 0.315 e. The van der Waals surface area contributed by atoms with Crippen molar-refractivity contribution in [2.45, 2.75) is 5.92 Å². The number of hydrogen-bond acceptors (Lipinski definition) is 3. The summed E-state index contributed by atoms with van der Waals surface area (Å²) in [6.07, 6.45) is 0. The number of nitrogens with one attached hydrogen (secondary N) is 1. The highest BCUT2D eigenvalue weighted by Gasteiger charge is 2.22. The fraction of sp³-hybridized carbons (Fsp3) is 0.429. The van der Waals surface area contributed by atoms with Gasteiger partial charge in [0.05, 0.1) is 0 Å². The van der Waals surface area contributed by atoms with Crippen molar-refractivity contribution in [3.63, 3.8) is 0 Å². The maximum Gasteiger partial charge on any atom is 0.155 e. The maximum atomic E-state index is 5.84. The zero-order valence-electron chi connectivity index (χ0n) is 6.22. The van der Waals surface area contributed by atoms with E-state index in [1.54, 1.807) is 6.07 Å². The molecule has 1 N–H and O–H groups in total. The van der Waals surface area contributed by atoms with Crippen LogP contribution in [0.25, 0.3) is 0 Å². The molecule has 0 saturated carbocycles. The van der Waals surface area contributed by atoms with Gasteiger partial charge in [-0.3, -0.25) is 0 Å². The Bertz CT molecular complexity index is 299. The van der Waals surface area contributed by atoms with Crippen molar-refractivity contribution in [3.8, 4) is 0 Å². The van der Waals surface area contributed by atoms with E-state index in [-0.39, 0.29) is 0 Å². The Hall–Kier alpha value is -0.380. The third-order valence-corrected chi connectivity index (χ3v) is 2.45. The van der Waals surface area contributed by atoms with Crippen LogP contribution in [-0.2, 0) is 0 Å². The fourth-order valence-corrected chi connectivity index (χ4v) is 1.56. The smallest absolute Gasteiger partial charge is 0.155 e. The summed E-state index contributed by atoms with van der Waals surface area (Å²) < 4.78 is 0. The summed E-state index contributed by atoms with van der Waals surface area (Å²) in [5, 5.41) is 11.4. The van der Waals surface area contributed by atoms with E-state index in [0.29, 0.717) is 16.2 Å². The number of hydrogen-bond donors (Lipinski definition) is 1. The minimum absolute atomic E-state index is 0.404. The molecule has 0 radical (unpaired) electrons. The van der Waals surface area contributed by atoms with Crippen LogP contribution in [0, 0.1) is 0 Å². The van der Waals surface area contributed by atoms with Gasteiger partial charge in [0.15, 0.2) is 10.3 Å². The minimum Gasteiger partial charge on any atom is -0.315 e. The third kappa shape index (κ3) is 1.40. The molecule has 0 spiro atoms. The van der Waals surface area contributed by atoms with Crippen LogP contribution in [0.15, 0.2) is 6.07 Å². The van der Waals surface area contributed by atoms with Crippen LogP contribution in [0.1, 0.15) is 11.5 Å².